The van der Waals surface area contributed by atoms with Gasteiger partial charge in [0.25, 0.3) is 0 Å². The fourth-order valence-corrected chi connectivity index (χ4v) is 0.888. The molecule has 0 saturated carbocycles. The summed E-state index contributed by atoms with van der Waals surface area (Å²) >= 11 is 0. The molecule has 0 amide bonds. The van der Waals surface area contributed by atoms with Gasteiger partial charge < -0.3 is 4.98 Å². The Bertz CT molecular complexity index is 205. The van der Waals surface area contributed by atoms with Gasteiger partial charge >= 0.3 is 18.9 Å². The Morgan fingerprint density at radius 1 is 1.18 bits per heavy atom. The molecule has 0 bridgehead atoms. The first kappa shape index (κ1) is 10.8. The molecule has 0 spiro atoms. The maximum absolute atomic E-state index is 4.28. The minimum absolute atomic E-state index is 0. The molecule has 1 aromatic rings. The van der Waals surface area contributed by atoms with Crippen molar-refractivity contribution in [3.8, 4) is 0 Å². The molecule has 0 atom stereocenters. The third kappa shape index (κ3) is 3.14. The summed E-state index contributed by atoms with van der Waals surface area (Å²) in [5.41, 5.74) is 1.21. The van der Waals surface area contributed by atoms with E-state index in [1.165, 1.54) is 5.59 Å². The number of aromatic nitrogens is 1. The molecule has 0 aromatic carbocycles. The van der Waals surface area contributed by atoms with Gasteiger partial charge in [-0.15, -0.1) is 5.59 Å². The molecule has 0 unspecified atom stereocenters. The standard InChI is InChI=1S/C8H13BN.Li/c1-9(2,3)8-6-4-5-7-10-8;/h4-7H,1-3H3;/q-1;+1. The van der Waals surface area contributed by atoms with Gasteiger partial charge in [-0.3, -0.25) is 0 Å². The van der Waals surface area contributed by atoms with Crippen molar-refractivity contribution in [3.63, 3.8) is 0 Å². The molecule has 0 radical (unpaired) electrons. The third-order valence-electron chi connectivity index (χ3n) is 1.58. The molecule has 0 fully saturated rings. The van der Waals surface area contributed by atoms with Crippen molar-refractivity contribution >= 4 is 11.7 Å². The van der Waals surface area contributed by atoms with Crippen LogP contribution in [-0.2, 0) is 0 Å². The van der Waals surface area contributed by atoms with Crippen molar-refractivity contribution in [2.45, 2.75) is 20.5 Å². The second-order valence-corrected chi connectivity index (χ2v) is 3.85. The van der Waals surface area contributed by atoms with E-state index in [2.05, 4.69) is 31.5 Å². The molecule has 0 aliphatic heterocycles. The van der Waals surface area contributed by atoms with Gasteiger partial charge in [0.1, 0.15) is 0 Å². The van der Waals surface area contributed by atoms with Gasteiger partial charge in [-0.1, -0.05) is 12.1 Å². The van der Waals surface area contributed by atoms with Crippen molar-refractivity contribution in [1.29, 1.82) is 0 Å². The van der Waals surface area contributed by atoms with Gasteiger partial charge in [-0.25, -0.2) is 0 Å². The number of hydrogen-bond donors (Lipinski definition) is 0. The minimum Gasteiger partial charge on any atom is -0.304 e. The van der Waals surface area contributed by atoms with Crippen molar-refractivity contribution in [2.24, 2.45) is 0 Å². The predicted molar refractivity (Wildman–Crippen MR) is 47.2 cm³/mol. The average molecular weight is 141 g/mol. The normalized spacial score (nSPS) is 10.5. The van der Waals surface area contributed by atoms with E-state index in [-0.39, 0.29) is 18.9 Å². The maximum atomic E-state index is 4.28. The van der Waals surface area contributed by atoms with Crippen LogP contribution in [0.3, 0.4) is 0 Å². The fraction of sp³-hybridized carbons (Fsp3) is 0.375. The molecular weight excluding hydrogens is 128 g/mol. The average Bonchev–Trinajstić information content (AvgIpc) is 1.88. The SMILES string of the molecule is C[B-](C)(C)c1ccccn1.[Li+]. The minimum atomic E-state index is -0.415. The zero-order chi connectivity index (χ0) is 7.61. The molecule has 3 heteroatoms. The molecule has 1 rings (SSSR count). The van der Waals surface area contributed by atoms with Gasteiger partial charge in [-0.2, -0.15) is 20.5 Å². The van der Waals surface area contributed by atoms with E-state index >= 15 is 0 Å². The summed E-state index contributed by atoms with van der Waals surface area (Å²) in [4.78, 5) is 4.28. The van der Waals surface area contributed by atoms with E-state index in [9.17, 15) is 0 Å². The first-order valence-electron chi connectivity index (χ1n) is 3.79. The second-order valence-electron chi connectivity index (χ2n) is 3.85. The van der Waals surface area contributed by atoms with Crippen molar-refractivity contribution < 1.29 is 18.9 Å². The predicted octanol–water partition coefficient (Wildman–Crippen LogP) is -1.37. The van der Waals surface area contributed by atoms with Crippen LogP contribution in [0.5, 0.6) is 0 Å². The van der Waals surface area contributed by atoms with Crippen LogP contribution in [0, 0.1) is 0 Å². The van der Waals surface area contributed by atoms with Gasteiger partial charge in [0.05, 0.1) is 0 Å². The quantitative estimate of drug-likeness (QED) is 0.439. The Morgan fingerprint density at radius 2 is 1.82 bits per heavy atom. The van der Waals surface area contributed by atoms with Crippen LogP contribution in [0.1, 0.15) is 0 Å². The smallest absolute Gasteiger partial charge is 0.304 e. The van der Waals surface area contributed by atoms with Crippen molar-refractivity contribution in [3.05, 3.63) is 24.4 Å². The second kappa shape index (κ2) is 3.99. The van der Waals surface area contributed by atoms with Crippen LogP contribution >= 0.6 is 0 Å². The van der Waals surface area contributed by atoms with Crippen LogP contribution in [0.25, 0.3) is 0 Å². The third-order valence-corrected chi connectivity index (χ3v) is 1.58. The molecule has 1 nitrogen and oxygen atoms in total. The number of hydrogen-bond acceptors (Lipinski definition) is 1. The molecule has 11 heavy (non-hydrogen) atoms. The zero-order valence-electron chi connectivity index (χ0n) is 7.83. The summed E-state index contributed by atoms with van der Waals surface area (Å²) in [6, 6.07) is 6.07. The number of pyridine rings is 1. The number of nitrogens with zero attached hydrogens (tertiary/aromatic N) is 1. The number of rotatable bonds is 1. The Labute approximate surface area is 80.7 Å². The summed E-state index contributed by atoms with van der Waals surface area (Å²) in [6.45, 7) is 6.67. The Balaban J connectivity index is 0.000001000. The summed E-state index contributed by atoms with van der Waals surface area (Å²) in [6.07, 6.45) is 1.43. The van der Waals surface area contributed by atoms with Crippen LogP contribution in [0.15, 0.2) is 24.4 Å². The molecule has 54 valence electrons. The monoisotopic (exact) mass is 141 g/mol. The Morgan fingerprint density at radius 3 is 2.09 bits per heavy atom. The van der Waals surface area contributed by atoms with E-state index in [1.807, 2.05) is 18.3 Å². The largest absolute Gasteiger partial charge is 1.00 e. The molecule has 0 aliphatic rings. The summed E-state index contributed by atoms with van der Waals surface area (Å²) in [7, 11) is 0. The zero-order valence-corrected chi connectivity index (χ0v) is 7.83. The molecule has 1 heterocycles. The molecule has 0 aliphatic carbocycles. The van der Waals surface area contributed by atoms with Crippen molar-refractivity contribution in [2.75, 3.05) is 0 Å². The van der Waals surface area contributed by atoms with Gasteiger partial charge in [-0.05, 0) is 6.07 Å². The van der Waals surface area contributed by atoms with E-state index in [0.717, 1.165) is 0 Å². The van der Waals surface area contributed by atoms with E-state index in [0.29, 0.717) is 0 Å². The topological polar surface area (TPSA) is 12.9 Å². The summed E-state index contributed by atoms with van der Waals surface area (Å²) in [5, 5.41) is 0. The van der Waals surface area contributed by atoms with E-state index in [4.69, 9.17) is 0 Å². The van der Waals surface area contributed by atoms with Gasteiger partial charge in [0, 0.05) is 12.3 Å². The Kier molecular flexibility index (Phi) is 3.93. The summed E-state index contributed by atoms with van der Waals surface area (Å²) in [5.74, 6) is 0. The van der Waals surface area contributed by atoms with Crippen LogP contribution in [-0.4, -0.2) is 11.1 Å². The fourth-order valence-electron chi connectivity index (χ4n) is 0.888. The molecule has 0 N–H and O–H groups in total. The van der Waals surface area contributed by atoms with Gasteiger partial charge in [0.15, 0.2) is 0 Å². The van der Waals surface area contributed by atoms with Crippen LogP contribution in [0.4, 0.5) is 0 Å². The van der Waals surface area contributed by atoms with Crippen LogP contribution < -0.4 is 24.5 Å². The molecule has 1 aromatic heterocycles. The molecular formula is C8H13BLiN. The van der Waals surface area contributed by atoms with E-state index < -0.39 is 6.15 Å². The first-order chi connectivity index (χ1) is 4.61. The van der Waals surface area contributed by atoms with Gasteiger partial charge in [0.2, 0.25) is 0 Å². The Hall–Kier alpha value is -0.188. The first-order valence-corrected chi connectivity index (χ1v) is 3.79. The van der Waals surface area contributed by atoms with Crippen molar-refractivity contribution in [1.82, 2.24) is 4.98 Å². The summed E-state index contributed by atoms with van der Waals surface area (Å²) < 4.78 is 0. The molecule has 0 saturated heterocycles. The van der Waals surface area contributed by atoms with Crippen LogP contribution in [0.2, 0.25) is 20.5 Å². The van der Waals surface area contributed by atoms with E-state index in [1.54, 1.807) is 0 Å². The maximum Gasteiger partial charge on any atom is 1.00 e.